The summed E-state index contributed by atoms with van der Waals surface area (Å²) >= 11 is 0. The van der Waals surface area contributed by atoms with Crippen molar-refractivity contribution in [2.75, 3.05) is 0 Å². The molecule has 0 spiro atoms. The SMILES string of the molecule is O=C(O)CCC(=O)O.[Na+].[Na+].[O-]c1ccccc1.[O-]c1ccccc1. The first-order valence-electron chi connectivity index (χ1n) is 6.29. The van der Waals surface area contributed by atoms with Gasteiger partial charge in [-0.2, -0.15) is 0 Å². The number of hydrogen-bond acceptors (Lipinski definition) is 4. The van der Waals surface area contributed by atoms with Crippen LogP contribution in [0.5, 0.6) is 11.5 Å². The maximum atomic E-state index is 10.3. The predicted octanol–water partition coefficient (Wildman–Crippen LogP) is -4.54. The van der Waals surface area contributed by atoms with E-state index in [9.17, 15) is 19.8 Å². The molecule has 0 aliphatic rings. The van der Waals surface area contributed by atoms with E-state index in [0.29, 0.717) is 0 Å². The number of carboxylic acids is 2. The minimum atomic E-state index is -1.08. The second kappa shape index (κ2) is 18.3. The molecule has 2 N–H and O–H groups in total. The summed E-state index contributed by atoms with van der Waals surface area (Å²) < 4.78 is 0. The molecule has 2 rings (SSSR count). The monoisotopic (exact) mass is 350 g/mol. The Morgan fingerprint density at radius 3 is 1.04 bits per heavy atom. The van der Waals surface area contributed by atoms with Gasteiger partial charge in [-0.25, -0.2) is 0 Å². The minimum Gasteiger partial charge on any atom is -0.872 e. The van der Waals surface area contributed by atoms with Crippen LogP contribution in [0, 0.1) is 0 Å². The molecule has 0 heterocycles. The van der Waals surface area contributed by atoms with E-state index in [1.54, 1.807) is 24.3 Å². The van der Waals surface area contributed by atoms with Crippen molar-refractivity contribution in [1.29, 1.82) is 0 Å². The van der Waals surface area contributed by atoms with Gasteiger partial charge in [0.1, 0.15) is 0 Å². The van der Waals surface area contributed by atoms with Crippen molar-refractivity contribution in [2.24, 2.45) is 0 Å². The Hall–Kier alpha value is -1.02. The van der Waals surface area contributed by atoms with Crippen molar-refractivity contribution in [1.82, 2.24) is 0 Å². The summed E-state index contributed by atoms with van der Waals surface area (Å²) in [5.74, 6) is -2.01. The zero-order valence-corrected chi connectivity index (χ0v) is 17.7. The second-order valence-corrected chi connectivity index (χ2v) is 3.91. The number of carboxylic acid groups (broad SMARTS) is 2. The molecule has 0 radical (unpaired) electrons. The van der Waals surface area contributed by atoms with E-state index in [2.05, 4.69) is 0 Å². The van der Waals surface area contributed by atoms with Crippen LogP contribution >= 0.6 is 0 Å². The molecule has 2 aromatic carbocycles. The first kappa shape index (κ1) is 27.8. The molecule has 0 saturated carbocycles. The van der Waals surface area contributed by atoms with Gasteiger partial charge in [0.15, 0.2) is 0 Å². The predicted molar refractivity (Wildman–Crippen MR) is 76.3 cm³/mol. The van der Waals surface area contributed by atoms with Gasteiger partial charge in [0.2, 0.25) is 0 Å². The van der Waals surface area contributed by atoms with Crippen molar-refractivity contribution in [3.8, 4) is 11.5 Å². The van der Waals surface area contributed by atoms with E-state index in [-0.39, 0.29) is 83.5 Å². The molecule has 0 bridgehead atoms. The van der Waals surface area contributed by atoms with Crippen LogP contribution in [0.25, 0.3) is 0 Å². The van der Waals surface area contributed by atoms with Crippen LogP contribution in [0.1, 0.15) is 12.8 Å². The number of carbonyl (C=O) groups is 2. The summed E-state index contributed by atoms with van der Waals surface area (Å²) in [7, 11) is 0. The van der Waals surface area contributed by atoms with E-state index in [4.69, 9.17) is 10.2 Å². The van der Waals surface area contributed by atoms with Gasteiger partial charge in [-0.15, -0.1) is 11.5 Å². The largest absolute Gasteiger partial charge is 1.00 e. The van der Waals surface area contributed by atoms with E-state index >= 15 is 0 Å². The van der Waals surface area contributed by atoms with Gasteiger partial charge in [0.05, 0.1) is 12.8 Å². The number of aliphatic carboxylic acids is 2. The molecule has 0 aliphatic heterocycles. The summed E-state index contributed by atoms with van der Waals surface area (Å²) in [4.78, 5) is 19.3. The van der Waals surface area contributed by atoms with E-state index in [0.717, 1.165) is 0 Å². The van der Waals surface area contributed by atoms with Crippen molar-refractivity contribution in [3.05, 3.63) is 60.7 Å². The van der Waals surface area contributed by atoms with Gasteiger partial charge in [-0.05, 0) is 0 Å². The standard InChI is InChI=1S/2C6H6O.C4H6O4.2Na/c2*7-6-4-2-1-3-5-6;5-3(6)1-2-4(7)8;;/h2*1-5,7H;1-2H2,(H,5,6)(H,7,8);;/q;;;2*+1/p-2. The fraction of sp³-hybridized carbons (Fsp3) is 0.125. The molecule has 0 atom stereocenters. The smallest absolute Gasteiger partial charge is 0.872 e. The van der Waals surface area contributed by atoms with Gasteiger partial charge >= 0.3 is 71.1 Å². The molecule has 6 nitrogen and oxygen atoms in total. The Morgan fingerprint density at radius 2 is 0.917 bits per heavy atom. The number of rotatable bonds is 3. The molecule has 0 aliphatic carbocycles. The van der Waals surface area contributed by atoms with Gasteiger partial charge in [-0.3, -0.25) is 9.59 Å². The number of para-hydroxylation sites is 2. The fourth-order valence-electron chi connectivity index (χ4n) is 1.05. The van der Waals surface area contributed by atoms with Crippen molar-refractivity contribution >= 4 is 11.9 Å². The molecular weight excluding hydrogens is 334 g/mol. The molecule has 0 aromatic heterocycles. The van der Waals surface area contributed by atoms with Crippen molar-refractivity contribution < 1.29 is 89.1 Å². The Kier molecular flexibility index (Phi) is 21.2. The summed E-state index contributed by atoms with van der Waals surface area (Å²) in [5, 5.41) is 36.3. The molecule has 8 heteroatoms. The van der Waals surface area contributed by atoms with Gasteiger partial charge in [0.25, 0.3) is 0 Å². The summed E-state index contributed by atoms with van der Waals surface area (Å²) in [5.41, 5.74) is 0. The van der Waals surface area contributed by atoms with Crippen LogP contribution in [0.2, 0.25) is 0 Å². The first-order valence-corrected chi connectivity index (χ1v) is 6.29. The second-order valence-electron chi connectivity index (χ2n) is 3.91. The molecule has 24 heavy (non-hydrogen) atoms. The van der Waals surface area contributed by atoms with Gasteiger partial charge in [-0.1, -0.05) is 60.7 Å². The van der Waals surface area contributed by atoms with Crippen LogP contribution in [-0.2, 0) is 9.59 Å². The van der Waals surface area contributed by atoms with Crippen LogP contribution < -0.4 is 69.3 Å². The Labute approximate surface area is 184 Å². The zero-order valence-electron chi connectivity index (χ0n) is 13.7. The maximum Gasteiger partial charge on any atom is 1.00 e. The van der Waals surface area contributed by atoms with Crippen LogP contribution in [0.4, 0.5) is 0 Å². The molecule has 0 amide bonds. The third-order valence-corrected chi connectivity index (χ3v) is 2.04. The summed E-state index contributed by atoms with van der Waals surface area (Å²) in [6, 6.07) is 16.7. The van der Waals surface area contributed by atoms with E-state index in [1.807, 2.05) is 12.1 Å². The average molecular weight is 350 g/mol. The zero-order chi connectivity index (χ0) is 16.8. The minimum absolute atomic E-state index is 0. The number of hydrogen-bond donors (Lipinski definition) is 2. The number of benzene rings is 2. The van der Waals surface area contributed by atoms with Crippen LogP contribution in [0.3, 0.4) is 0 Å². The van der Waals surface area contributed by atoms with Crippen molar-refractivity contribution in [3.63, 3.8) is 0 Å². The normalized spacial score (nSPS) is 7.83. The quantitative estimate of drug-likeness (QED) is 0.538. The summed E-state index contributed by atoms with van der Waals surface area (Å²) in [6.07, 6.45) is -0.593. The average Bonchev–Trinajstić information content (AvgIpc) is 2.48. The molecule has 0 unspecified atom stereocenters. The van der Waals surface area contributed by atoms with Gasteiger partial charge in [0, 0.05) is 0 Å². The Balaban J connectivity index is -0.000000265. The van der Waals surface area contributed by atoms with Crippen LogP contribution in [-0.4, -0.2) is 22.2 Å². The topological polar surface area (TPSA) is 121 Å². The molecule has 0 fully saturated rings. The molecule has 118 valence electrons. The molecular formula is C16H16Na2O6. The molecule has 2 aromatic rings. The maximum absolute atomic E-state index is 10.3. The van der Waals surface area contributed by atoms with Gasteiger partial charge < -0.3 is 20.4 Å². The van der Waals surface area contributed by atoms with Crippen LogP contribution in [0.15, 0.2) is 60.7 Å². The first-order chi connectivity index (χ1) is 10.4. The van der Waals surface area contributed by atoms with E-state index < -0.39 is 11.9 Å². The third kappa shape index (κ3) is 21.0. The fourth-order valence-corrected chi connectivity index (χ4v) is 1.05. The third-order valence-electron chi connectivity index (χ3n) is 2.04. The Bertz CT molecular complexity index is 498. The molecule has 0 saturated heterocycles. The summed E-state index contributed by atoms with van der Waals surface area (Å²) in [6.45, 7) is 0. The van der Waals surface area contributed by atoms with E-state index in [1.165, 1.54) is 24.3 Å². The Morgan fingerprint density at radius 1 is 0.667 bits per heavy atom. The van der Waals surface area contributed by atoms with Crippen molar-refractivity contribution in [2.45, 2.75) is 12.8 Å².